The lowest BCUT2D eigenvalue weighted by molar-refractivity contribution is 1.30. The van der Waals surface area contributed by atoms with Crippen LogP contribution in [0.1, 0.15) is 0 Å². The maximum atomic E-state index is 2.38. The zero-order valence-corrected chi connectivity index (χ0v) is 25.9. The summed E-state index contributed by atoms with van der Waals surface area (Å²) in [5.74, 6) is 0. The summed E-state index contributed by atoms with van der Waals surface area (Å²) in [7, 11) is 0. The number of nitrogens with zero attached hydrogens (tertiary/aromatic N) is 1. The van der Waals surface area contributed by atoms with Crippen molar-refractivity contribution in [2.75, 3.05) is 4.90 Å². The first kappa shape index (κ1) is 26.7. The van der Waals surface area contributed by atoms with E-state index in [9.17, 15) is 0 Å². The summed E-state index contributed by atoms with van der Waals surface area (Å²) in [6, 6.07) is 63.9. The molecule has 0 bridgehead atoms. The smallest absolute Gasteiger partial charge is 0.0468 e. The van der Waals surface area contributed by atoms with Gasteiger partial charge in [0.1, 0.15) is 0 Å². The Morgan fingerprint density at radius 2 is 1.00 bits per heavy atom. The molecule has 0 N–H and O–H groups in total. The minimum atomic E-state index is 1.14. The minimum Gasteiger partial charge on any atom is -0.310 e. The third kappa shape index (κ3) is 4.54. The van der Waals surface area contributed by atoms with E-state index < -0.39 is 0 Å². The van der Waals surface area contributed by atoms with Crippen LogP contribution in [0.15, 0.2) is 176 Å². The maximum absolute atomic E-state index is 2.38. The highest BCUT2D eigenvalue weighted by molar-refractivity contribution is 7.26. The highest BCUT2D eigenvalue weighted by Crippen LogP contribution is 2.44. The molecule has 0 saturated carbocycles. The van der Waals surface area contributed by atoms with Crippen LogP contribution in [-0.2, 0) is 0 Å². The van der Waals surface area contributed by atoms with Gasteiger partial charge in [0.05, 0.1) is 0 Å². The van der Waals surface area contributed by atoms with Crippen molar-refractivity contribution in [2.45, 2.75) is 0 Å². The number of para-hydroxylation sites is 1. The third-order valence-electron chi connectivity index (χ3n) is 9.04. The monoisotopic (exact) mass is 603 g/mol. The zero-order chi connectivity index (χ0) is 30.5. The van der Waals surface area contributed by atoms with Gasteiger partial charge >= 0.3 is 0 Å². The fraction of sp³-hybridized carbons (Fsp3) is 0. The van der Waals surface area contributed by atoms with Gasteiger partial charge in [0.2, 0.25) is 0 Å². The molecule has 8 aromatic carbocycles. The SMILES string of the molecule is c1ccc(-c2ccc(-c3cccc4sc5ccc(N(c6ccccc6)c6ccc7c(ccc8ccccc87)c6)cc5c34)cc2)cc1. The molecule has 0 saturated heterocycles. The van der Waals surface area contributed by atoms with Crippen LogP contribution in [0.3, 0.4) is 0 Å². The summed E-state index contributed by atoms with van der Waals surface area (Å²) in [4.78, 5) is 2.38. The van der Waals surface area contributed by atoms with E-state index >= 15 is 0 Å². The number of rotatable bonds is 5. The second-order valence-corrected chi connectivity index (χ2v) is 12.9. The molecule has 1 aromatic heterocycles. The van der Waals surface area contributed by atoms with Crippen molar-refractivity contribution in [1.29, 1.82) is 0 Å². The Hall–Kier alpha value is -5.70. The molecule has 0 amide bonds. The molecule has 1 nitrogen and oxygen atoms in total. The Morgan fingerprint density at radius 3 is 1.85 bits per heavy atom. The first-order chi connectivity index (χ1) is 22.8. The van der Waals surface area contributed by atoms with E-state index in [1.807, 2.05) is 11.3 Å². The van der Waals surface area contributed by atoms with Gasteiger partial charge in [-0.25, -0.2) is 0 Å². The molecule has 1 heterocycles. The molecule has 46 heavy (non-hydrogen) atoms. The molecule has 0 aliphatic rings. The molecule has 0 fully saturated rings. The van der Waals surface area contributed by atoms with Crippen LogP contribution in [0.5, 0.6) is 0 Å². The van der Waals surface area contributed by atoms with Crippen LogP contribution in [0.4, 0.5) is 17.1 Å². The Kier molecular flexibility index (Phi) is 6.40. The topological polar surface area (TPSA) is 3.24 Å². The quantitative estimate of drug-likeness (QED) is 0.177. The third-order valence-corrected chi connectivity index (χ3v) is 10.2. The van der Waals surface area contributed by atoms with Crippen LogP contribution >= 0.6 is 11.3 Å². The van der Waals surface area contributed by atoms with Crippen molar-refractivity contribution in [3.63, 3.8) is 0 Å². The largest absolute Gasteiger partial charge is 0.310 e. The minimum absolute atomic E-state index is 1.14. The van der Waals surface area contributed by atoms with Crippen LogP contribution in [0.2, 0.25) is 0 Å². The number of hydrogen-bond acceptors (Lipinski definition) is 2. The van der Waals surface area contributed by atoms with Crippen molar-refractivity contribution in [3.8, 4) is 22.3 Å². The summed E-state index contributed by atoms with van der Waals surface area (Å²) in [6.07, 6.45) is 0. The summed E-state index contributed by atoms with van der Waals surface area (Å²) in [5, 5.41) is 7.66. The van der Waals surface area contributed by atoms with Gasteiger partial charge in [-0.1, -0.05) is 127 Å². The lowest BCUT2D eigenvalue weighted by Crippen LogP contribution is -2.09. The van der Waals surface area contributed by atoms with E-state index in [4.69, 9.17) is 0 Å². The average Bonchev–Trinajstić information content (AvgIpc) is 3.51. The lowest BCUT2D eigenvalue weighted by atomic mass is 9.97. The maximum Gasteiger partial charge on any atom is 0.0468 e. The van der Waals surface area contributed by atoms with Crippen molar-refractivity contribution < 1.29 is 0 Å². The molecule has 0 aliphatic heterocycles. The molecular formula is C44H29NS. The molecule has 0 atom stereocenters. The molecule has 0 unspecified atom stereocenters. The van der Waals surface area contributed by atoms with E-state index in [0.717, 1.165) is 17.1 Å². The predicted octanol–water partition coefficient (Wildman–Crippen LogP) is 13.2. The summed E-state index contributed by atoms with van der Waals surface area (Å²) in [5.41, 5.74) is 8.40. The summed E-state index contributed by atoms with van der Waals surface area (Å²) in [6.45, 7) is 0. The summed E-state index contributed by atoms with van der Waals surface area (Å²) >= 11 is 1.87. The standard InChI is InChI=1S/C44H29NS/c1-3-10-30(11-4-1)31-18-20-33(21-19-31)40-16-9-17-43-44(40)41-29-37(25-27-42(41)46-43)45(35-13-5-2-6-14-35)36-24-26-39-34(28-36)23-22-32-12-7-8-15-38(32)39/h1-29H. The van der Waals surface area contributed by atoms with Crippen LogP contribution in [0.25, 0.3) is 64.0 Å². The molecule has 0 radical (unpaired) electrons. The first-order valence-electron chi connectivity index (χ1n) is 15.7. The fourth-order valence-corrected chi connectivity index (χ4v) is 7.94. The van der Waals surface area contributed by atoms with Crippen molar-refractivity contribution in [3.05, 3.63) is 176 Å². The zero-order valence-electron chi connectivity index (χ0n) is 25.1. The Bertz CT molecular complexity index is 2510. The van der Waals surface area contributed by atoms with Gasteiger partial charge in [-0.2, -0.15) is 0 Å². The van der Waals surface area contributed by atoms with E-state index in [1.54, 1.807) is 0 Å². The molecular weight excluding hydrogens is 575 g/mol. The Morgan fingerprint density at radius 1 is 0.348 bits per heavy atom. The van der Waals surface area contributed by atoms with Crippen LogP contribution < -0.4 is 4.90 Å². The lowest BCUT2D eigenvalue weighted by Gasteiger charge is -2.26. The Balaban J connectivity index is 1.20. The number of fused-ring (bicyclic) bond motifs is 6. The predicted molar refractivity (Wildman–Crippen MR) is 200 cm³/mol. The van der Waals surface area contributed by atoms with E-state index in [-0.39, 0.29) is 0 Å². The normalized spacial score (nSPS) is 11.5. The molecule has 0 spiro atoms. The highest BCUT2D eigenvalue weighted by Gasteiger charge is 2.17. The van der Waals surface area contributed by atoms with E-state index in [2.05, 4.69) is 181 Å². The Labute approximate surface area is 272 Å². The molecule has 0 aliphatic carbocycles. The van der Waals surface area contributed by atoms with Gasteiger partial charge < -0.3 is 4.90 Å². The molecule has 9 rings (SSSR count). The molecule has 9 aromatic rings. The van der Waals surface area contributed by atoms with Crippen molar-refractivity contribution in [2.24, 2.45) is 0 Å². The van der Waals surface area contributed by atoms with Gasteiger partial charge in [0, 0.05) is 37.2 Å². The number of thiophene rings is 1. The summed E-state index contributed by atoms with van der Waals surface area (Å²) < 4.78 is 2.60. The number of hydrogen-bond donors (Lipinski definition) is 0. The van der Waals surface area contributed by atoms with Gasteiger partial charge in [-0.05, 0) is 92.3 Å². The number of benzene rings is 8. The molecule has 216 valence electrons. The van der Waals surface area contributed by atoms with Gasteiger partial charge in [0.15, 0.2) is 0 Å². The second kappa shape index (κ2) is 11.0. The van der Waals surface area contributed by atoms with Gasteiger partial charge in [-0.15, -0.1) is 11.3 Å². The average molecular weight is 604 g/mol. The number of anilines is 3. The van der Waals surface area contributed by atoms with Crippen molar-refractivity contribution in [1.82, 2.24) is 0 Å². The first-order valence-corrected chi connectivity index (χ1v) is 16.5. The van der Waals surface area contributed by atoms with Crippen LogP contribution in [-0.4, -0.2) is 0 Å². The van der Waals surface area contributed by atoms with Crippen LogP contribution in [0, 0.1) is 0 Å². The second-order valence-electron chi connectivity index (χ2n) is 11.8. The fourth-order valence-electron chi connectivity index (χ4n) is 6.83. The van der Waals surface area contributed by atoms with Gasteiger partial charge in [0.25, 0.3) is 0 Å². The van der Waals surface area contributed by atoms with E-state index in [0.29, 0.717) is 0 Å². The van der Waals surface area contributed by atoms with Crippen molar-refractivity contribution >= 4 is 70.1 Å². The highest BCUT2D eigenvalue weighted by atomic mass is 32.1. The van der Waals surface area contributed by atoms with Gasteiger partial charge in [-0.3, -0.25) is 0 Å². The van der Waals surface area contributed by atoms with E-state index in [1.165, 1.54) is 64.0 Å². The molecule has 2 heteroatoms.